The normalized spacial score (nSPS) is 26.9. The van der Waals surface area contributed by atoms with Crippen molar-refractivity contribution in [1.82, 2.24) is 5.32 Å². The number of carbonyl (C=O) groups is 3. The van der Waals surface area contributed by atoms with Gasteiger partial charge in [-0.05, 0) is 88.0 Å². The first-order valence-electron chi connectivity index (χ1n) is 15.2. The van der Waals surface area contributed by atoms with Crippen LogP contribution in [0.25, 0.3) is 0 Å². The van der Waals surface area contributed by atoms with Crippen LogP contribution in [0.3, 0.4) is 0 Å². The largest absolute Gasteiger partial charge is 0.496 e. The molecule has 47 heavy (non-hydrogen) atoms. The van der Waals surface area contributed by atoms with Gasteiger partial charge in [-0.1, -0.05) is 19.4 Å². The van der Waals surface area contributed by atoms with Gasteiger partial charge in [0.25, 0.3) is 5.91 Å². The number of methoxy groups -OCH3 is 1. The molecule has 8 nitrogen and oxygen atoms in total. The second kappa shape index (κ2) is 12.1. The standard InChI is InChI=1S/C31H35F7N2O6S/c1-3-45-31(43)16-6-8-21(9-7-16)46-26-14-23(25(44-2)15-24(26)33)29(41)40-28-18-5-4-17(10-18)27(28)30(42)39-20-11-19(32)12-22(13-20)47(34,35,36,37)38/h11-18,21,27-28H,3-10H2,1-2H3,(H,39,42)(H,40,41)/t16-,17-,18+,21+,27+,28-/m1/s1. The Morgan fingerprint density at radius 3 is 2.19 bits per heavy atom. The summed E-state index contributed by atoms with van der Waals surface area (Å²) in [6.07, 6.45) is 3.16. The van der Waals surface area contributed by atoms with Gasteiger partial charge >= 0.3 is 16.2 Å². The zero-order chi connectivity index (χ0) is 34.4. The van der Waals surface area contributed by atoms with Crippen LogP contribution in [0, 0.1) is 35.3 Å². The fourth-order valence-corrected chi connectivity index (χ4v) is 7.70. The number of carbonyl (C=O) groups excluding carboxylic acids is 3. The van der Waals surface area contributed by atoms with Crippen LogP contribution in [0.15, 0.2) is 35.2 Å². The van der Waals surface area contributed by atoms with Crippen molar-refractivity contribution in [3.8, 4) is 11.5 Å². The van der Waals surface area contributed by atoms with Crippen molar-refractivity contribution in [2.75, 3.05) is 19.0 Å². The van der Waals surface area contributed by atoms with Crippen LogP contribution in [0.4, 0.5) is 33.9 Å². The SMILES string of the molecule is CCOC(=O)[C@H]1CC[C@@H](Oc2cc(C(=O)N[C@@H]3[C@H]4CC[C@H](C4)[C@@H]3C(=O)Nc3cc(F)cc(S(F)(F)(F)(F)F)c3)c(OC)cc2F)CC1. The number of benzene rings is 2. The molecule has 0 aliphatic heterocycles. The summed E-state index contributed by atoms with van der Waals surface area (Å²) in [7, 11) is -9.01. The molecule has 2 aromatic carbocycles. The molecule has 4 atom stereocenters. The van der Waals surface area contributed by atoms with Crippen molar-refractivity contribution in [2.45, 2.75) is 68.9 Å². The third kappa shape index (κ3) is 7.73. The zero-order valence-electron chi connectivity index (χ0n) is 25.5. The van der Waals surface area contributed by atoms with E-state index >= 15 is 4.39 Å². The maximum Gasteiger partial charge on any atom is 0.310 e. The Kier molecular flexibility index (Phi) is 8.90. The van der Waals surface area contributed by atoms with Gasteiger partial charge in [-0.15, -0.1) is 0 Å². The highest BCUT2D eigenvalue weighted by Gasteiger charge is 2.65. The lowest BCUT2D eigenvalue weighted by Gasteiger charge is -2.40. The van der Waals surface area contributed by atoms with E-state index < -0.39 is 62.3 Å². The smallest absolute Gasteiger partial charge is 0.310 e. The molecule has 16 heteroatoms. The first-order chi connectivity index (χ1) is 21.9. The van der Waals surface area contributed by atoms with Gasteiger partial charge in [0.1, 0.15) is 16.5 Å². The lowest BCUT2D eigenvalue weighted by molar-refractivity contribution is -0.149. The van der Waals surface area contributed by atoms with Gasteiger partial charge in [0, 0.05) is 17.8 Å². The summed E-state index contributed by atoms with van der Waals surface area (Å²) in [5.41, 5.74) is -0.902. The van der Waals surface area contributed by atoms with Crippen LogP contribution in [0.5, 0.6) is 11.5 Å². The van der Waals surface area contributed by atoms with Crippen LogP contribution in [0.2, 0.25) is 0 Å². The molecule has 260 valence electrons. The summed E-state index contributed by atoms with van der Waals surface area (Å²) in [5.74, 6) is -6.36. The summed E-state index contributed by atoms with van der Waals surface area (Å²) >= 11 is 0. The quantitative estimate of drug-likeness (QED) is 0.193. The van der Waals surface area contributed by atoms with Crippen LogP contribution in [-0.2, 0) is 14.3 Å². The van der Waals surface area contributed by atoms with Crippen molar-refractivity contribution in [2.24, 2.45) is 23.7 Å². The lowest BCUT2D eigenvalue weighted by Crippen LogP contribution is -2.48. The van der Waals surface area contributed by atoms with E-state index in [1.165, 1.54) is 13.2 Å². The minimum Gasteiger partial charge on any atom is -0.496 e. The Morgan fingerprint density at radius 1 is 0.872 bits per heavy atom. The minimum atomic E-state index is -10.2. The number of ether oxygens (including phenoxy) is 3. The van der Waals surface area contributed by atoms with Crippen LogP contribution in [0.1, 0.15) is 62.2 Å². The van der Waals surface area contributed by atoms with Crippen LogP contribution < -0.4 is 20.1 Å². The summed E-state index contributed by atoms with van der Waals surface area (Å²) < 4.78 is 112. The topological polar surface area (TPSA) is 103 Å². The van der Waals surface area contributed by atoms with Gasteiger partial charge in [-0.2, -0.15) is 0 Å². The molecule has 2 N–H and O–H groups in total. The molecule has 5 rings (SSSR count). The minimum absolute atomic E-state index is 0.0163. The maximum atomic E-state index is 15.0. The van der Waals surface area contributed by atoms with Gasteiger partial charge < -0.3 is 24.8 Å². The maximum absolute atomic E-state index is 15.0. The molecule has 3 aliphatic carbocycles. The van der Waals surface area contributed by atoms with E-state index in [1.54, 1.807) is 6.92 Å². The van der Waals surface area contributed by atoms with Crippen LogP contribution >= 0.6 is 10.2 Å². The summed E-state index contributed by atoms with van der Waals surface area (Å²) in [6, 6.07) is 1.50. The highest BCUT2D eigenvalue weighted by atomic mass is 32.5. The predicted molar refractivity (Wildman–Crippen MR) is 158 cm³/mol. The molecule has 3 aliphatic rings. The highest BCUT2D eigenvalue weighted by molar-refractivity contribution is 8.45. The molecule has 3 fully saturated rings. The highest BCUT2D eigenvalue weighted by Crippen LogP contribution is 3.02. The molecular formula is C31H35F7N2O6S. The number of fused-ring (bicyclic) bond motifs is 2. The van der Waals surface area contributed by atoms with Gasteiger partial charge in [0.15, 0.2) is 11.6 Å². The Morgan fingerprint density at radius 2 is 1.55 bits per heavy atom. The number of hydrogen-bond acceptors (Lipinski definition) is 6. The average molecular weight is 697 g/mol. The first kappa shape index (κ1) is 34.6. The Labute approximate surface area is 266 Å². The second-order valence-corrected chi connectivity index (χ2v) is 14.7. The van der Waals surface area contributed by atoms with Crippen molar-refractivity contribution < 1.29 is 56.8 Å². The predicted octanol–water partition coefficient (Wildman–Crippen LogP) is 7.91. The molecule has 0 saturated heterocycles. The average Bonchev–Trinajstić information content (AvgIpc) is 3.59. The van der Waals surface area contributed by atoms with E-state index in [1.807, 2.05) is 0 Å². The summed E-state index contributed by atoms with van der Waals surface area (Å²) in [5, 5.41) is 4.91. The van der Waals surface area contributed by atoms with Gasteiger partial charge in [-0.25, -0.2) is 8.78 Å². The molecule has 0 spiro atoms. The third-order valence-electron chi connectivity index (χ3n) is 9.19. The second-order valence-electron chi connectivity index (χ2n) is 12.3. The number of amides is 2. The van der Waals surface area contributed by atoms with E-state index in [0.717, 1.165) is 6.07 Å². The number of hydrogen-bond donors (Lipinski definition) is 2. The van der Waals surface area contributed by atoms with Crippen LogP contribution in [-0.4, -0.2) is 43.6 Å². The van der Waals surface area contributed by atoms with Crippen molar-refractivity contribution in [3.63, 3.8) is 0 Å². The van der Waals surface area contributed by atoms with Gasteiger partial charge in [0.05, 0.1) is 37.2 Å². The molecule has 2 amide bonds. The molecule has 2 bridgehead atoms. The third-order valence-corrected chi connectivity index (χ3v) is 10.3. The van der Waals surface area contributed by atoms with Crippen molar-refractivity contribution >= 4 is 33.7 Å². The number of anilines is 1. The fourth-order valence-electron chi connectivity index (χ4n) is 7.02. The van der Waals surface area contributed by atoms with E-state index in [-0.39, 0.29) is 59.5 Å². The zero-order valence-corrected chi connectivity index (χ0v) is 26.3. The molecule has 0 radical (unpaired) electrons. The number of esters is 1. The Bertz CT molecular complexity index is 1570. The molecule has 3 saturated carbocycles. The summed E-state index contributed by atoms with van der Waals surface area (Å²) in [6.45, 7) is 1.98. The van der Waals surface area contributed by atoms with Crippen molar-refractivity contribution in [1.29, 1.82) is 0 Å². The number of nitrogens with one attached hydrogen (secondary N) is 2. The molecular weight excluding hydrogens is 661 g/mol. The molecule has 0 aromatic heterocycles. The summed E-state index contributed by atoms with van der Waals surface area (Å²) in [4.78, 5) is 36.5. The lowest BCUT2D eigenvalue weighted by atomic mass is 9.83. The van der Waals surface area contributed by atoms with E-state index in [4.69, 9.17) is 14.2 Å². The van der Waals surface area contributed by atoms with Gasteiger partial charge in [-0.3, -0.25) is 14.4 Å². The fraction of sp³-hybridized carbons (Fsp3) is 0.516. The van der Waals surface area contributed by atoms with Crippen molar-refractivity contribution in [3.05, 3.63) is 47.5 Å². The first-order valence-corrected chi connectivity index (χ1v) is 17.2. The Balaban J connectivity index is 1.32. The number of halogens is 7. The molecule has 0 unspecified atom stereocenters. The van der Waals surface area contributed by atoms with Gasteiger partial charge in [0.2, 0.25) is 5.91 Å². The Hall–Kier alpha value is -3.69. The van der Waals surface area contributed by atoms with E-state index in [2.05, 4.69) is 10.6 Å². The molecule has 2 aromatic rings. The van der Waals surface area contributed by atoms with E-state index in [0.29, 0.717) is 51.0 Å². The monoisotopic (exact) mass is 696 g/mol. The molecule has 0 heterocycles. The number of rotatable bonds is 10. The van der Waals surface area contributed by atoms with E-state index in [9.17, 15) is 38.2 Å².